The van der Waals surface area contributed by atoms with Crippen molar-refractivity contribution in [1.29, 1.82) is 0 Å². The van der Waals surface area contributed by atoms with Crippen molar-refractivity contribution in [1.82, 2.24) is 4.90 Å². The second kappa shape index (κ2) is 6.74. The third-order valence-electron chi connectivity index (χ3n) is 4.22. The van der Waals surface area contributed by atoms with Gasteiger partial charge in [-0.25, -0.2) is 4.79 Å². The molecule has 21 heavy (non-hydrogen) atoms. The van der Waals surface area contributed by atoms with Gasteiger partial charge in [0.05, 0.1) is 13.5 Å². The fourth-order valence-corrected chi connectivity index (χ4v) is 2.80. The van der Waals surface area contributed by atoms with Gasteiger partial charge in [0.1, 0.15) is 6.04 Å². The maximum Gasteiger partial charge on any atom is 0.328 e. The van der Waals surface area contributed by atoms with E-state index in [-0.39, 0.29) is 11.9 Å². The Morgan fingerprint density at radius 2 is 2.00 bits per heavy atom. The van der Waals surface area contributed by atoms with Gasteiger partial charge in [0.2, 0.25) is 5.91 Å². The summed E-state index contributed by atoms with van der Waals surface area (Å²) in [6.45, 7) is 4.74. The molecule has 1 aromatic carbocycles. The number of esters is 1. The predicted octanol–water partition coefficient (Wildman–Crippen LogP) is 2.40. The number of benzene rings is 1. The summed E-state index contributed by atoms with van der Waals surface area (Å²) in [5.41, 5.74) is 3.40. The van der Waals surface area contributed by atoms with E-state index in [0.29, 0.717) is 19.4 Å². The lowest BCUT2D eigenvalue weighted by atomic mass is 9.99. The molecule has 1 aromatic rings. The summed E-state index contributed by atoms with van der Waals surface area (Å²) in [6.07, 6.45) is 2.96. The van der Waals surface area contributed by atoms with E-state index >= 15 is 0 Å². The molecular formula is C17H23NO3. The number of carbonyl (C=O) groups excluding carboxylic acids is 2. The number of carbonyl (C=O) groups is 2. The second-order valence-corrected chi connectivity index (χ2v) is 5.72. The van der Waals surface area contributed by atoms with Gasteiger partial charge >= 0.3 is 5.97 Å². The number of hydrogen-bond acceptors (Lipinski definition) is 3. The first kappa shape index (κ1) is 15.5. The van der Waals surface area contributed by atoms with Gasteiger partial charge in [-0.05, 0) is 49.8 Å². The minimum atomic E-state index is -0.414. The van der Waals surface area contributed by atoms with Crippen LogP contribution in [0.3, 0.4) is 0 Å². The molecule has 4 heteroatoms. The lowest BCUT2D eigenvalue weighted by Crippen LogP contribution is -2.49. The predicted molar refractivity (Wildman–Crippen MR) is 81.0 cm³/mol. The van der Waals surface area contributed by atoms with Gasteiger partial charge in [-0.2, -0.15) is 0 Å². The first-order chi connectivity index (χ1) is 10.0. The van der Waals surface area contributed by atoms with Crippen molar-refractivity contribution < 1.29 is 14.3 Å². The van der Waals surface area contributed by atoms with Crippen LogP contribution in [-0.4, -0.2) is 36.5 Å². The van der Waals surface area contributed by atoms with Crippen LogP contribution in [0, 0.1) is 13.8 Å². The minimum absolute atomic E-state index is 0.00773. The third-order valence-corrected chi connectivity index (χ3v) is 4.22. The fourth-order valence-electron chi connectivity index (χ4n) is 2.80. The van der Waals surface area contributed by atoms with E-state index in [1.54, 1.807) is 4.90 Å². The molecule has 0 spiro atoms. The molecule has 0 bridgehead atoms. The number of amides is 1. The Bertz CT molecular complexity index is 539. The van der Waals surface area contributed by atoms with E-state index < -0.39 is 6.04 Å². The first-order valence-electron chi connectivity index (χ1n) is 7.46. The number of methoxy groups -OCH3 is 1. The maximum absolute atomic E-state index is 12.5. The molecule has 2 rings (SSSR count). The zero-order valence-electron chi connectivity index (χ0n) is 13.0. The Morgan fingerprint density at radius 3 is 2.67 bits per heavy atom. The Hall–Kier alpha value is -1.84. The molecule has 0 aromatic heterocycles. The van der Waals surface area contributed by atoms with Crippen molar-refractivity contribution in [3.05, 3.63) is 34.9 Å². The van der Waals surface area contributed by atoms with Crippen molar-refractivity contribution >= 4 is 11.9 Å². The van der Waals surface area contributed by atoms with Gasteiger partial charge < -0.3 is 9.64 Å². The number of ether oxygens (including phenoxy) is 1. The van der Waals surface area contributed by atoms with Crippen LogP contribution in [0.4, 0.5) is 0 Å². The Kier molecular flexibility index (Phi) is 4.99. The monoisotopic (exact) mass is 289 g/mol. The average molecular weight is 289 g/mol. The fraction of sp³-hybridized carbons (Fsp3) is 0.529. The number of rotatable bonds is 3. The van der Waals surface area contributed by atoms with Crippen LogP contribution >= 0.6 is 0 Å². The molecule has 1 heterocycles. The van der Waals surface area contributed by atoms with Gasteiger partial charge in [-0.15, -0.1) is 0 Å². The highest BCUT2D eigenvalue weighted by Gasteiger charge is 2.32. The molecule has 1 saturated heterocycles. The SMILES string of the molecule is COC(=O)C1CCCCN1C(=O)Cc1ccc(C)c(C)c1. The van der Waals surface area contributed by atoms with E-state index in [0.717, 1.165) is 18.4 Å². The summed E-state index contributed by atoms with van der Waals surface area (Å²) in [5.74, 6) is -0.295. The van der Waals surface area contributed by atoms with Gasteiger partial charge in [0.15, 0.2) is 0 Å². The summed E-state index contributed by atoms with van der Waals surface area (Å²) in [4.78, 5) is 26.0. The van der Waals surface area contributed by atoms with Crippen LogP contribution < -0.4 is 0 Å². The largest absolute Gasteiger partial charge is 0.467 e. The topological polar surface area (TPSA) is 46.6 Å². The lowest BCUT2D eigenvalue weighted by Gasteiger charge is -2.33. The van der Waals surface area contributed by atoms with Gasteiger partial charge in [-0.1, -0.05) is 18.2 Å². The molecule has 0 radical (unpaired) electrons. The molecule has 0 N–H and O–H groups in total. The highest BCUT2D eigenvalue weighted by atomic mass is 16.5. The molecule has 4 nitrogen and oxygen atoms in total. The smallest absolute Gasteiger partial charge is 0.328 e. The lowest BCUT2D eigenvalue weighted by molar-refractivity contribution is -0.154. The van der Waals surface area contributed by atoms with Crippen molar-refractivity contribution in [2.24, 2.45) is 0 Å². The average Bonchev–Trinajstić information content (AvgIpc) is 2.50. The Labute approximate surface area is 126 Å². The number of aryl methyl sites for hydroxylation is 2. The number of piperidine rings is 1. The minimum Gasteiger partial charge on any atom is -0.467 e. The van der Waals surface area contributed by atoms with Crippen LogP contribution in [0.15, 0.2) is 18.2 Å². The number of nitrogens with zero attached hydrogens (tertiary/aromatic N) is 1. The molecule has 1 fully saturated rings. The highest BCUT2D eigenvalue weighted by Crippen LogP contribution is 2.20. The zero-order valence-corrected chi connectivity index (χ0v) is 13.0. The van der Waals surface area contributed by atoms with Crippen molar-refractivity contribution in [3.8, 4) is 0 Å². The van der Waals surface area contributed by atoms with Gasteiger partial charge in [-0.3, -0.25) is 4.79 Å². The van der Waals surface area contributed by atoms with Crippen molar-refractivity contribution in [2.75, 3.05) is 13.7 Å². The molecule has 0 aliphatic carbocycles. The maximum atomic E-state index is 12.5. The third kappa shape index (κ3) is 3.63. The molecule has 1 atom stereocenters. The molecular weight excluding hydrogens is 266 g/mol. The summed E-state index contributed by atoms with van der Waals surface area (Å²) >= 11 is 0. The molecule has 1 amide bonds. The van der Waals surface area contributed by atoms with Crippen LogP contribution in [0.2, 0.25) is 0 Å². The van der Waals surface area contributed by atoms with Gasteiger partial charge in [0.25, 0.3) is 0 Å². The van der Waals surface area contributed by atoms with E-state index in [1.165, 1.54) is 18.2 Å². The van der Waals surface area contributed by atoms with E-state index in [1.807, 2.05) is 25.1 Å². The quantitative estimate of drug-likeness (QED) is 0.803. The van der Waals surface area contributed by atoms with Gasteiger partial charge in [0, 0.05) is 6.54 Å². The standard InChI is InChI=1S/C17H23NO3/c1-12-7-8-14(10-13(12)2)11-16(19)18-9-5-4-6-15(18)17(20)21-3/h7-8,10,15H,4-6,9,11H2,1-3H3. The Morgan fingerprint density at radius 1 is 1.24 bits per heavy atom. The van der Waals surface area contributed by atoms with E-state index in [4.69, 9.17) is 4.74 Å². The summed E-state index contributed by atoms with van der Waals surface area (Å²) in [6, 6.07) is 5.65. The van der Waals surface area contributed by atoms with Crippen LogP contribution in [-0.2, 0) is 20.7 Å². The van der Waals surface area contributed by atoms with Crippen LogP contribution in [0.1, 0.15) is 36.0 Å². The normalized spacial score (nSPS) is 18.4. The molecule has 1 aliphatic heterocycles. The zero-order chi connectivity index (χ0) is 15.4. The van der Waals surface area contributed by atoms with Crippen molar-refractivity contribution in [3.63, 3.8) is 0 Å². The summed E-state index contributed by atoms with van der Waals surface area (Å²) < 4.78 is 4.82. The summed E-state index contributed by atoms with van der Waals surface area (Å²) in [7, 11) is 1.38. The molecule has 0 saturated carbocycles. The molecule has 114 valence electrons. The number of likely N-dealkylation sites (tertiary alicyclic amines) is 1. The highest BCUT2D eigenvalue weighted by molar-refractivity contribution is 5.86. The molecule has 1 unspecified atom stereocenters. The number of hydrogen-bond donors (Lipinski definition) is 0. The Balaban J connectivity index is 2.10. The van der Waals surface area contributed by atoms with Crippen molar-refractivity contribution in [2.45, 2.75) is 45.6 Å². The van der Waals surface area contributed by atoms with E-state index in [2.05, 4.69) is 6.92 Å². The molecule has 1 aliphatic rings. The first-order valence-corrected chi connectivity index (χ1v) is 7.46. The van der Waals surface area contributed by atoms with Crippen LogP contribution in [0.5, 0.6) is 0 Å². The van der Waals surface area contributed by atoms with Crippen LogP contribution in [0.25, 0.3) is 0 Å². The van der Waals surface area contributed by atoms with E-state index in [9.17, 15) is 9.59 Å². The summed E-state index contributed by atoms with van der Waals surface area (Å²) in [5, 5.41) is 0. The second-order valence-electron chi connectivity index (χ2n) is 5.72.